The first kappa shape index (κ1) is 24.7. The number of nitrogens with zero attached hydrogens (tertiary/aromatic N) is 3. The van der Waals surface area contributed by atoms with Crippen LogP contribution >= 0.6 is 0 Å². The van der Waals surface area contributed by atoms with Crippen LogP contribution in [0.5, 0.6) is 5.75 Å². The quantitative estimate of drug-likeness (QED) is 0.316. The average Bonchev–Trinajstić information content (AvgIpc) is 3.12. The van der Waals surface area contributed by atoms with Crippen molar-refractivity contribution in [3.05, 3.63) is 75.6 Å². The largest absolute Gasteiger partial charge is 0.496 e. The third kappa shape index (κ3) is 5.33. The molecule has 0 saturated carbocycles. The topological polar surface area (TPSA) is 63.5 Å². The summed E-state index contributed by atoms with van der Waals surface area (Å²) >= 11 is 0. The number of aryl methyl sites for hydroxylation is 6. The number of methoxy groups -OCH3 is 1. The molecule has 0 amide bonds. The lowest BCUT2D eigenvalue weighted by molar-refractivity contribution is 0.411. The number of rotatable bonds is 9. The SMILES string of the molecule is COc1cc(CCNCCNc2cc(C)nc3c(-c4c(C)cc(C)cc4C)c(C)nn23)ccc1C. The summed E-state index contributed by atoms with van der Waals surface area (Å²) in [6.07, 6.45) is 0.964. The van der Waals surface area contributed by atoms with Crippen LogP contribution in [-0.4, -0.2) is 41.3 Å². The first-order chi connectivity index (χ1) is 16.8. The van der Waals surface area contributed by atoms with Crippen molar-refractivity contribution >= 4 is 11.5 Å². The molecule has 184 valence electrons. The van der Waals surface area contributed by atoms with Gasteiger partial charge in [0.1, 0.15) is 11.6 Å². The van der Waals surface area contributed by atoms with Gasteiger partial charge >= 0.3 is 0 Å². The number of benzene rings is 2. The van der Waals surface area contributed by atoms with Gasteiger partial charge in [0.15, 0.2) is 5.65 Å². The molecule has 0 aliphatic rings. The molecular weight excluding hydrogens is 434 g/mol. The first-order valence-corrected chi connectivity index (χ1v) is 12.3. The lowest BCUT2D eigenvalue weighted by Crippen LogP contribution is -2.25. The molecule has 6 heteroatoms. The molecule has 0 radical (unpaired) electrons. The van der Waals surface area contributed by atoms with Gasteiger partial charge in [-0.1, -0.05) is 29.8 Å². The Morgan fingerprint density at radius 3 is 2.29 bits per heavy atom. The first-order valence-electron chi connectivity index (χ1n) is 12.3. The minimum atomic E-state index is 0.798. The summed E-state index contributed by atoms with van der Waals surface area (Å²) < 4.78 is 7.39. The summed E-state index contributed by atoms with van der Waals surface area (Å²) in [5, 5.41) is 12.0. The number of ether oxygens (including phenoxy) is 1. The van der Waals surface area contributed by atoms with Gasteiger partial charge in [0, 0.05) is 24.8 Å². The third-order valence-corrected chi connectivity index (χ3v) is 6.49. The molecule has 35 heavy (non-hydrogen) atoms. The van der Waals surface area contributed by atoms with Crippen LogP contribution in [0.4, 0.5) is 5.82 Å². The van der Waals surface area contributed by atoms with E-state index in [2.05, 4.69) is 81.7 Å². The number of anilines is 1. The molecule has 4 rings (SSSR count). The zero-order valence-corrected chi connectivity index (χ0v) is 22.0. The number of fused-ring (bicyclic) bond motifs is 1. The molecule has 2 aromatic carbocycles. The fourth-order valence-corrected chi connectivity index (χ4v) is 4.89. The molecule has 6 nitrogen and oxygen atoms in total. The number of nitrogens with one attached hydrogen (secondary N) is 2. The van der Waals surface area contributed by atoms with E-state index in [4.69, 9.17) is 14.8 Å². The predicted molar refractivity (Wildman–Crippen MR) is 145 cm³/mol. The van der Waals surface area contributed by atoms with Gasteiger partial charge in [-0.2, -0.15) is 9.61 Å². The summed E-state index contributed by atoms with van der Waals surface area (Å²) in [4.78, 5) is 4.88. The lowest BCUT2D eigenvalue weighted by atomic mass is 9.94. The molecule has 4 aromatic rings. The van der Waals surface area contributed by atoms with Crippen LogP contribution in [0.25, 0.3) is 16.8 Å². The maximum absolute atomic E-state index is 5.44. The third-order valence-electron chi connectivity index (χ3n) is 6.49. The second-order valence-electron chi connectivity index (χ2n) is 9.48. The molecule has 0 fully saturated rings. The molecular formula is C29H37N5O. The van der Waals surface area contributed by atoms with Crippen molar-refractivity contribution in [2.45, 2.75) is 48.0 Å². The molecule has 0 spiro atoms. The van der Waals surface area contributed by atoms with Crippen molar-refractivity contribution in [2.75, 3.05) is 32.1 Å². The van der Waals surface area contributed by atoms with E-state index in [1.54, 1.807) is 7.11 Å². The number of hydrogen-bond donors (Lipinski definition) is 2. The molecule has 0 unspecified atom stereocenters. The monoisotopic (exact) mass is 471 g/mol. The van der Waals surface area contributed by atoms with Crippen molar-refractivity contribution in [1.82, 2.24) is 19.9 Å². The predicted octanol–water partition coefficient (Wildman–Crippen LogP) is 5.50. The summed E-state index contributed by atoms with van der Waals surface area (Å²) in [6, 6.07) is 12.9. The van der Waals surface area contributed by atoms with Crippen LogP contribution in [0, 0.1) is 41.5 Å². The van der Waals surface area contributed by atoms with Gasteiger partial charge in [-0.15, -0.1) is 0 Å². The maximum atomic E-state index is 5.44. The van der Waals surface area contributed by atoms with Crippen LogP contribution in [0.1, 0.15) is 39.2 Å². The summed E-state index contributed by atoms with van der Waals surface area (Å²) in [7, 11) is 1.72. The highest BCUT2D eigenvalue weighted by Crippen LogP contribution is 2.34. The van der Waals surface area contributed by atoms with Gasteiger partial charge in [0.2, 0.25) is 0 Å². The van der Waals surface area contributed by atoms with Crippen molar-refractivity contribution in [3.8, 4) is 16.9 Å². The molecule has 0 atom stereocenters. The molecule has 2 N–H and O–H groups in total. The molecule has 2 heterocycles. The Kier molecular flexibility index (Phi) is 7.41. The molecule has 0 aliphatic carbocycles. The Balaban J connectivity index is 1.45. The van der Waals surface area contributed by atoms with Crippen molar-refractivity contribution in [1.29, 1.82) is 0 Å². The lowest BCUT2D eigenvalue weighted by Gasteiger charge is -2.13. The smallest absolute Gasteiger partial charge is 0.165 e. The fraction of sp³-hybridized carbons (Fsp3) is 0.379. The van der Waals surface area contributed by atoms with E-state index >= 15 is 0 Å². The van der Waals surface area contributed by atoms with Crippen molar-refractivity contribution in [3.63, 3.8) is 0 Å². The summed E-state index contributed by atoms with van der Waals surface area (Å²) in [5.74, 6) is 1.92. The van der Waals surface area contributed by atoms with Crippen LogP contribution < -0.4 is 15.4 Å². The normalized spacial score (nSPS) is 11.3. The van der Waals surface area contributed by atoms with Gasteiger partial charge in [-0.3, -0.25) is 0 Å². The Labute approximate surface area is 208 Å². The number of hydrogen-bond acceptors (Lipinski definition) is 5. The van der Waals surface area contributed by atoms with Gasteiger partial charge in [-0.25, -0.2) is 4.98 Å². The van der Waals surface area contributed by atoms with Crippen molar-refractivity contribution in [2.24, 2.45) is 0 Å². The zero-order valence-electron chi connectivity index (χ0n) is 22.0. The number of aromatic nitrogens is 3. The Hall–Kier alpha value is -3.38. The average molecular weight is 472 g/mol. The highest BCUT2D eigenvalue weighted by molar-refractivity contribution is 5.84. The van der Waals surface area contributed by atoms with Gasteiger partial charge < -0.3 is 15.4 Å². The van der Waals surface area contributed by atoms with Crippen LogP contribution in [0.3, 0.4) is 0 Å². The van der Waals surface area contributed by atoms with E-state index in [0.29, 0.717) is 0 Å². The second kappa shape index (κ2) is 10.5. The van der Waals surface area contributed by atoms with Gasteiger partial charge in [0.25, 0.3) is 0 Å². The van der Waals surface area contributed by atoms with E-state index in [0.717, 1.165) is 65.8 Å². The molecule has 0 bridgehead atoms. The van der Waals surface area contributed by atoms with Gasteiger partial charge in [0.05, 0.1) is 18.4 Å². The Bertz CT molecular complexity index is 1330. The van der Waals surface area contributed by atoms with E-state index in [1.807, 2.05) is 11.4 Å². The van der Waals surface area contributed by atoms with Crippen LogP contribution in [0.15, 0.2) is 36.4 Å². The fourth-order valence-electron chi connectivity index (χ4n) is 4.89. The maximum Gasteiger partial charge on any atom is 0.165 e. The Morgan fingerprint density at radius 1 is 0.829 bits per heavy atom. The van der Waals surface area contributed by atoms with E-state index in [-0.39, 0.29) is 0 Å². The molecule has 0 aliphatic heterocycles. The molecule has 0 saturated heterocycles. The summed E-state index contributed by atoms with van der Waals surface area (Å²) in [6.45, 7) is 15.2. The van der Waals surface area contributed by atoms with Crippen LogP contribution in [0.2, 0.25) is 0 Å². The van der Waals surface area contributed by atoms with E-state index in [1.165, 1.54) is 27.8 Å². The zero-order chi connectivity index (χ0) is 25.1. The van der Waals surface area contributed by atoms with Crippen LogP contribution in [-0.2, 0) is 6.42 Å². The summed E-state index contributed by atoms with van der Waals surface area (Å²) in [5.41, 5.74) is 11.5. The molecule has 2 aromatic heterocycles. The van der Waals surface area contributed by atoms with Gasteiger partial charge in [-0.05, 0) is 88.4 Å². The second-order valence-corrected chi connectivity index (χ2v) is 9.48. The Morgan fingerprint density at radius 2 is 1.57 bits per heavy atom. The van der Waals surface area contributed by atoms with Crippen molar-refractivity contribution < 1.29 is 4.74 Å². The minimum absolute atomic E-state index is 0.798. The highest BCUT2D eigenvalue weighted by atomic mass is 16.5. The van der Waals surface area contributed by atoms with E-state index < -0.39 is 0 Å². The van der Waals surface area contributed by atoms with E-state index in [9.17, 15) is 0 Å². The standard InChI is InChI=1S/C29H37N5O/c1-18-14-20(3)27(21(4)15-18)28-23(6)33-34-26(16-22(5)32-29(28)34)31-13-12-30-11-10-24-9-8-19(2)25(17-24)35-7/h8-9,14-17,30-31H,10-13H2,1-7H3. The highest BCUT2D eigenvalue weighted by Gasteiger charge is 2.19. The minimum Gasteiger partial charge on any atom is -0.496 e.